The standard InChI is InChI=1S/C55H33N3S/c1-2-15-34(16-3-1)56-46-24-9-4-17-36(46)39-30-29-35(33-50(39)56)57-47-25-10-5-19-38(47)41-31-32-45-54(53(41)57)59-51-28-13-8-22-43(51)55(45)42-21-7-12-27-49(42)58-48-26-11-6-18-37(48)40-20-14-23-44(55)52(40)58/h1-33H. The van der Waals surface area contributed by atoms with Gasteiger partial charge in [0.25, 0.3) is 0 Å². The van der Waals surface area contributed by atoms with Gasteiger partial charge in [-0.2, -0.15) is 0 Å². The predicted octanol–water partition coefficient (Wildman–Crippen LogP) is 14.1. The molecule has 0 bridgehead atoms. The summed E-state index contributed by atoms with van der Waals surface area (Å²) in [5.74, 6) is 0. The molecule has 274 valence electrons. The molecule has 1 unspecified atom stereocenters. The molecule has 3 nitrogen and oxygen atoms in total. The SMILES string of the molecule is c1ccc(-n2c3ccccc3c3ccc(-n4c5ccccc5c5ccc6c(c54)Sc4ccccc4C64c5ccccc5-n5c6ccccc6c6cccc4c65)cc32)cc1. The molecule has 0 fully saturated rings. The summed E-state index contributed by atoms with van der Waals surface area (Å²) in [4.78, 5) is 2.60. The van der Waals surface area contributed by atoms with E-state index in [1.165, 1.54) is 103 Å². The van der Waals surface area contributed by atoms with E-state index >= 15 is 0 Å². The number of fused-ring (bicyclic) bond motifs is 18. The molecule has 0 saturated heterocycles. The van der Waals surface area contributed by atoms with E-state index < -0.39 is 5.41 Å². The van der Waals surface area contributed by atoms with E-state index in [-0.39, 0.29) is 0 Å². The summed E-state index contributed by atoms with van der Waals surface area (Å²) in [5, 5.41) is 7.61. The minimum absolute atomic E-state index is 0.559. The number of hydrogen-bond donors (Lipinski definition) is 0. The molecule has 1 spiro atoms. The molecular formula is C55H33N3S. The van der Waals surface area contributed by atoms with Gasteiger partial charge in [-0.25, -0.2) is 0 Å². The van der Waals surface area contributed by atoms with Crippen LogP contribution in [-0.2, 0) is 5.41 Å². The molecule has 0 saturated carbocycles. The molecule has 9 aromatic carbocycles. The van der Waals surface area contributed by atoms with Crippen LogP contribution >= 0.6 is 11.8 Å². The molecule has 59 heavy (non-hydrogen) atoms. The fourth-order valence-corrected chi connectivity index (χ4v) is 12.4. The van der Waals surface area contributed by atoms with Crippen molar-refractivity contribution in [2.24, 2.45) is 0 Å². The van der Waals surface area contributed by atoms with Crippen molar-refractivity contribution < 1.29 is 0 Å². The predicted molar refractivity (Wildman–Crippen MR) is 245 cm³/mol. The fraction of sp³-hybridized carbons (Fsp3) is 0.0182. The minimum Gasteiger partial charge on any atom is -0.309 e. The van der Waals surface area contributed by atoms with Crippen molar-refractivity contribution >= 4 is 77.2 Å². The Morgan fingerprint density at radius 1 is 0.322 bits per heavy atom. The summed E-state index contributed by atoms with van der Waals surface area (Å²) in [6.45, 7) is 0. The number of hydrogen-bond acceptors (Lipinski definition) is 1. The largest absolute Gasteiger partial charge is 0.309 e. The van der Waals surface area contributed by atoms with Crippen molar-refractivity contribution in [1.29, 1.82) is 0 Å². The topological polar surface area (TPSA) is 14.8 Å². The van der Waals surface area contributed by atoms with Gasteiger partial charge in [-0.3, -0.25) is 0 Å². The zero-order valence-corrected chi connectivity index (χ0v) is 32.6. The third kappa shape index (κ3) is 3.90. The highest BCUT2D eigenvalue weighted by Gasteiger charge is 2.50. The quantitative estimate of drug-likeness (QED) is 0.171. The second-order valence-corrected chi connectivity index (χ2v) is 17.1. The van der Waals surface area contributed by atoms with E-state index in [9.17, 15) is 0 Å². The first kappa shape index (κ1) is 31.8. The van der Waals surface area contributed by atoms with Crippen LogP contribution in [0.4, 0.5) is 0 Å². The molecule has 4 heteroatoms. The van der Waals surface area contributed by atoms with Gasteiger partial charge in [0.05, 0.1) is 44.2 Å². The second kappa shape index (κ2) is 11.4. The van der Waals surface area contributed by atoms with Crippen LogP contribution in [0.15, 0.2) is 210 Å². The number of para-hydroxylation sites is 6. The van der Waals surface area contributed by atoms with Crippen LogP contribution in [0.25, 0.3) is 82.5 Å². The van der Waals surface area contributed by atoms with Crippen LogP contribution in [0.2, 0.25) is 0 Å². The average molecular weight is 768 g/mol. The molecule has 3 aromatic heterocycles. The third-order valence-corrected chi connectivity index (χ3v) is 14.5. The normalized spacial score (nSPS) is 15.5. The van der Waals surface area contributed by atoms with Crippen LogP contribution in [0.3, 0.4) is 0 Å². The van der Waals surface area contributed by atoms with Gasteiger partial charge in [0.15, 0.2) is 0 Å². The summed E-state index contributed by atoms with van der Waals surface area (Å²) >= 11 is 1.93. The van der Waals surface area contributed by atoms with Crippen LogP contribution in [0.5, 0.6) is 0 Å². The van der Waals surface area contributed by atoms with Gasteiger partial charge in [-0.1, -0.05) is 157 Å². The van der Waals surface area contributed by atoms with Gasteiger partial charge in [-0.05, 0) is 76.9 Å². The van der Waals surface area contributed by atoms with Crippen LogP contribution in [-0.4, -0.2) is 13.7 Å². The van der Waals surface area contributed by atoms with Crippen LogP contribution in [0, 0.1) is 0 Å². The Labute approximate surface area is 344 Å². The Bertz CT molecular complexity index is 3770. The molecule has 2 aliphatic heterocycles. The lowest BCUT2D eigenvalue weighted by molar-refractivity contribution is 0.691. The molecule has 0 radical (unpaired) electrons. The van der Waals surface area contributed by atoms with Crippen molar-refractivity contribution in [3.8, 4) is 17.1 Å². The summed E-state index contributed by atoms with van der Waals surface area (Å²) in [6, 6.07) is 74.7. The first-order chi connectivity index (χ1) is 29.3. The smallest absolute Gasteiger partial charge is 0.0765 e. The van der Waals surface area contributed by atoms with E-state index in [0.717, 1.165) is 11.4 Å². The van der Waals surface area contributed by atoms with Crippen molar-refractivity contribution in [3.63, 3.8) is 0 Å². The van der Waals surface area contributed by atoms with Gasteiger partial charge >= 0.3 is 0 Å². The minimum atomic E-state index is -0.559. The first-order valence-electron chi connectivity index (χ1n) is 20.4. The van der Waals surface area contributed by atoms with Crippen LogP contribution in [0.1, 0.15) is 22.3 Å². The van der Waals surface area contributed by atoms with E-state index in [4.69, 9.17) is 0 Å². The fourth-order valence-electron chi connectivity index (χ4n) is 11.1. The Morgan fingerprint density at radius 3 is 1.68 bits per heavy atom. The van der Waals surface area contributed by atoms with Gasteiger partial charge in [-0.15, -0.1) is 0 Å². The zero-order chi connectivity index (χ0) is 38.4. The monoisotopic (exact) mass is 767 g/mol. The number of aromatic nitrogens is 3. The number of rotatable bonds is 2. The number of nitrogens with zero attached hydrogens (tertiary/aromatic N) is 3. The molecule has 2 aliphatic rings. The zero-order valence-electron chi connectivity index (χ0n) is 31.8. The van der Waals surface area contributed by atoms with Gasteiger partial charge in [0.1, 0.15) is 0 Å². The van der Waals surface area contributed by atoms with Crippen molar-refractivity contribution in [3.05, 3.63) is 222 Å². The van der Waals surface area contributed by atoms with Crippen molar-refractivity contribution in [2.75, 3.05) is 0 Å². The molecule has 0 aliphatic carbocycles. The van der Waals surface area contributed by atoms with Crippen molar-refractivity contribution in [1.82, 2.24) is 13.7 Å². The lowest BCUT2D eigenvalue weighted by atomic mass is 9.62. The highest BCUT2D eigenvalue weighted by Crippen LogP contribution is 2.62. The Hall–Kier alpha value is -7.27. The third-order valence-electron chi connectivity index (χ3n) is 13.3. The van der Waals surface area contributed by atoms with Gasteiger partial charge in [0.2, 0.25) is 0 Å². The molecule has 5 heterocycles. The van der Waals surface area contributed by atoms with Gasteiger partial charge < -0.3 is 13.7 Å². The summed E-state index contributed by atoms with van der Waals surface area (Å²) < 4.78 is 7.51. The molecule has 0 amide bonds. The summed E-state index contributed by atoms with van der Waals surface area (Å²) in [6.07, 6.45) is 0. The number of benzene rings is 9. The maximum absolute atomic E-state index is 2.55. The van der Waals surface area contributed by atoms with E-state index in [2.05, 4.69) is 214 Å². The molecule has 12 aromatic rings. The first-order valence-corrected chi connectivity index (χ1v) is 21.2. The Balaban J connectivity index is 1.15. The summed E-state index contributed by atoms with van der Waals surface area (Å²) in [5.41, 5.74) is 15.7. The highest BCUT2D eigenvalue weighted by atomic mass is 32.2. The molecular weight excluding hydrogens is 735 g/mol. The second-order valence-electron chi connectivity index (χ2n) is 16.0. The van der Waals surface area contributed by atoms with E-state index in [0.29, 0.717) is 0 Å². The van der Waals surface area contributed by atoms with E-state index in [1.807, 2.05) is 11.8 Å². The molecule has 1 atom stereocenters. The molecule has 0 N–H and O–H groups in total. The lowest BCUT2D eigenvalue weighted by Gasteiger charge is -2.45. The lowest BCUT2D eigenvalue weighted by Crippen LogP contribution is -2.37. The average Bonchev–Trinajstić information content (AvgIpc) is 3.94. The molecule has 14 rings (SSSR count). The maximum Gasteiger partial charge on any atom is 0.0765 e. The van der Waals surface area contributed by atoms with Crippen LogP contribution < -0.4 is 0 Å². The van der Waals surface area contributed by atoms with E-state index in [1.54, 1.807) is 0 Å². The van der Waals surface area contributed by atoms with Gasteiger partial charge in [0, 0.05) is 53.5 Å². The Morgan fingerprint density at radius 2 is 0.881 bits per heavy atom. The highest BCUT2D eigenvalue weighted by molar-refractivity contribution is 7.99. The Kier molecular flexibility index (Phi) is 6.16. The van der Waals surface area contributed by atoms with Crippen molar-refractivity contribution in [2.45, 2.75) is 15.2 Å². The summed E-state index contributed by atoms with van der Waals surface area (Å²) in [7, 11) is 0. The maximum atomic E-state index is 2.55.